The van der Waals surface area contributed by atoms with Gasteiger partial charge in [0.05, 0.1) is 12.5 Å². The Labute approximate surface area is 60.0 Å². The first-order chi connectivity index (χ1) is 4.77. The number of aliphatic hydroxyl groups excluding tert-OH is 1. The fraction of sp³-hybridized carbons (Fsp3) is 0.857. The summed E-state index contributed by atoms with van der Waals surface area (Å²) in [6, 6.07) is 0. The van der Waals surface area contributed by atoms with E-state index >= 15 is 0 Å². The first-order valence-corrected chi connectivity index (χ1v) is 3.59. The maximum atomic E-state index is 10.8. The van der Waals surface area contributed by atoms with Gasteiger partial charge in [-0.25, -0.2) is 0 Å². The first-order valence-electron chi connectivity index (χ1n) is 3.59. The maximum Gasteiger partial charge on any atom is 0.311 e. The van der Waals surface area contributed by atoms with Crippen LogP contribution in [0, 0.1) is 5.92 Å². The van der Waals surface area contributed by atoms with E-state index in [2.05, 4.69) is 0 Å². The molecule has 10 heavy (non-hydrogen) atoms. The molecule has 0 amide bonds. The average molecular weight is 144 g/mol. The van der Waals surface area contributed by atoms with Crippen molar-refractivity contribution in [3.05, 3.63) is 0 Å². The van der Waals surface area contributed by atoms with Crippen molar-refractivity contribution in [2.24, 2.45) is 5.92 Å². The van der Waals surface area contributed by atoms with Crippen LogP contribution >= 0.6 is 0 Å². The number of hydrogen-bond donors (Lipinski definition) is 1. The lowest BCUT2D eigenvalue weighted by atomic mass is 10.1. The molecule has 2 atom stereocenters. The van der Waals surface area contributed by atoms with Crippen molar-refractivity contribution < 1.29 is 14.6 Å². The van der Waals surface area contributed by atoms with E-state index < -0.39 is 0 Å². The molecule has 0 aromatic rings. The summed E-state index contributed by atoms with van der Waals surface area (Å²) in [4.78, 5) is 10.8. The van der Waals surface area contributed by atoms with Crippen molar-refractivity contribution in [1.82, 2.24) is 0 Å². The van der Waals surface area contributed by atoms with Crippen molar-refractivity contribution in [3.63, 3.8) is 0 Å². The Balaban J connectivity index is 2.44. The predicted molar refractivity (Wildman–Crippen MR) is 35.4 cm³/mol. The van der Waals surface area contributed by atoms with Crippen molar-refractivity contribution in [1.29, 1.82) is 0 Å². The number of hydrogen-bond acceptors (Lipinski definition) is 3. The largest absolute Gasteiger partial charge is 0.462 e. The zero-order valence-corrected chi connectivity index (χ0v) is 6.04. The van der Waals surface area contributed by atoms with E-state index in [1.165, 1.54) is 0 Å². The molecule has 1 rings (SSSR count). The van der Waals surface area contributed by atoms with Crippen molar-refractivity contribution >= 4 is 5.97 Å². The number of carbonyl (C=O) groups excluding carboxylic acids is 1. The van der Waals surface area contributed by atoms with Crippen LogP contribution < -0.4 is 0 Å². The molecule has 2 unspecified atom stereocenters. The Bertz CT molecular complexity index is 133. The van der Waals surface area contributed by atoms with Gasteiger partial charge in [-0.05, 0) is 12.8 Å². The van der Waals surface area contributed by atoms with Crippen LogP contribution in [0.25, 0.3) is 0 Å². The number of ether oxygens (including phenoxy) is 1. The molecule has 0 aromatic carbocycles. The molecular weight excluding hydrogens is 132 g/mol. The fourth-order valence-corrected chi connectivity index (χ4v) is 1.12. The van der Waals surface area contributed by atoms with Gasteiger partial charge in [0.15, 0.2) is 0 Å². The third-order valence-corrected chi connectivity index (χ3v) is 1.84. The molecule has 0 aliphatic carbocycles. The number of cyclic esters (lactones) is 1. The number of esters is 1. The van der Waals surface area contributed by atoms with Gasteiger partial charge < -0.3 is 9.84 Å². The summed E-state index contributed by atoms with van der Waals surface area (Å²) in [5.74, 6) is -0.501. The fourth-order valence-electron chi connectivity index (χ4n) is 1.12. The van der Waals surface area contributed by atoms with Gasteiger partial charge >= 0.3 is 5.97 Å². The molecule has 3 heteroatoms. The predicted octanol–water partition coefficient (Wildman–Crippen LogP) is 0.320. The van der Waals surface area contributed by atoms with Crippen LogP contribution in [0.4, 0.5) is 0 Å². The molecule has 0 aromatic heterocycles. The molecule has 1 aliphatic rings. The van der Waals surface area contributed by atoms with E-state index in [-0.39, 0.29) is 24.6 Å². The molecule has 1 saturated heterocycles. The summed E-state index contributed by atoms with van der Waals surface area (Å²) >= 11 is 0. The normalized spacial score (nSPS) is 32.4. The van der Waals surface area contributed by atoms with Crippen molar-refractivity contribution in [2.75, 3.05) is 6.61 Å². The Morgan fingerprint density at radius 3 is 2.80 bits per heavy atom. The average Bonchev–Trinajstić information content (AvgIpc) is 2.30. The van der Waals surface area contributed by atoms with Crippen LogP contribution in [-0.2, 0) is 9.53 Å². The highest BCUT2D eigenvalue weighted by Crippen LogP contribution is 2.22. The van der Waals surface area contributed by atoms with Gasteiger partial charge in [0.1, 0.15) is 6.10 Å². The van der Waals surface area contributed by atoms with E-state index in [4.69, 9.17) is 9.84 Å². The zero-order valence-electron chi connectivity index (χ0n) is 6.04. The van der Waals surface area contributed by atoms with Crippen LogP contribution in [-0.4, -0.2) is 23.8 Å². The number of aliphatic hydroxyl groups is 1. The third kappa shape index (κ3) is 1.29. The molecule has 0 saturated carbocycles. The van der Waals surface area contributed by atoms with Crippen LogP contribution in [0.1, 0.15) is 19.8 Å². The quantitative estimate of drug-likeness (QED) is 0.568. The first kappa shape index (κ1) is 7.54. The summed E-state index contributed by atoms with van der Waals surface area (Å²) in [6.07, 6.45) is 1.58. The standard InChI is InChI=1S/C7H12O3/c1-2-6-3-5(4-8)7(9)10-6/h5-6,8H,2-4H2,1H3. The second-order valence-electron chi connectivity index (χ2n) is 2.58. The second kappa shape index (κ2) is 3.01. The van der Waals surface area contributed by atoms with Gasteiger partial charge in [-0.3, -0.25) is 4.79 Å². The topological polar surface area (TPSA) is 46.5 Å². The zero-order chi connectivity index (χ0) is 7.56. The molecule has 1 heterocycles. The summed E-state index contributed by atoms with van der Waals surface area (Å²) in [5.41, 5.74) is 0. The van der Waals surface area contributed by atoms with Gasteiger partial charge in [0, 0.05) is 0 Å². The van der Waals surface area contributed by atoms with E-state index in [1.54, 1.807) is 0 Å². The molecule has 58 valence electrons. The molecule has 1 fully saturated rings. The van der Waals surface area contributed by atoms with Crippen LogP contribution in [0.3, 0.4) is 0 Å². The van der Waals surface area contributed by atoms with Crippen LogP contribution in [0.15, 0.2) is 0 Å². The van der Waals surface area contributed by atoms with Gasteiger partial charge in [-0.1, -0.05) is 6.92 Å². The SMILES string of the molecule is CCC1CC(CO)C(=O)O1. The van der Waals surface area contributed by atoms with Crippen LogP contribution in [0.2, 0.25) is 0 Å². The molecule has 0 bridgehead atoms. The minimum absolute atomic E-state index is 0.0460. The molecule has 0 radical (unpaired) electrons. The lowest BCUT2D eigenvalue weighted by Gasteiger charge is -2.01. The Hall–Kier alpha value is -0.570. The monoisotopic (exact) mass is 144 g/mol. The van der Waals surface area contributed by atoms with Crippen molar-refractivity contribution in [3.8, 4) is 0 Å². The summed E-state index contributed by atoms with van der Waals surface area (Å²) in [7, 11) is 0. The highest BCUT2D eigenvalue weighted by Gasteiger charge is 2.32. The van der Waals surface area contributed by atoms with Gasteiger partial charge in [0.2, 0.25) is 0 Å². The van der Waals surface area contributed by atoms with E-state index in [9.17, 15) is 4.79 Å². The molecule has 3 nitrogen and oxygen atoms in total. The summed E-state index contributed by atoms with van der Waals surface area (Å²) < 4.78 is 4.92. The smallest absolute Gasteiger partial charge is 0.311 e. The summed E-state index contributed by atoms with van der Waals surface area (Å²) in [5, 5.41) is 8.65. The molecule has 1 N–H and O–H groups in total. The minimum atomic E-state index is -0.259. The molecule has 1 aliphatic heterocycles. The minimum Gasteiger partial charge on any atom is -0.462 e. The summed E-state index contributed by atoms with van der Waals surface area (Å²) in [6.45, 7) is 1.90. The highest BCUT2D eigenvalue weighted by molar-refractivity contribution is 5.74. The Morgan fingerprint density at radius 2 is 2.50 bits per heavy atom. The van der Waals surface area contributed by atoms with Gasteiger partial charge in [-0.15, -0.1) is 0 Å². The van der Waals surface area contributed by atoms with E-state index in [1.807, 2.05) is 6.92 Å². The lowest BCUT2D eigenvalue weighted by molar-refractivity contribution is -0.145. The molecular formula is C7H12O3. The maximum absolute atomic E-state index is 10.8. The van der Waals surface area contributed by atoms with E-state index in [0.29, 0.717) is 6.42 Å². The highest BCUT2D eigenvalue weighted by atomic mass is 16.6. The van der Waals surface area contributed by atoms with Crippen LogP contribution in [0.5, 0.6) is 0 Å². The van der Waals surface area contributed by atoms with Gasteiger partial charge in [0.25, 0.3) is 0 Å². The van der Waals surface area contributed by atoms with Gasteiger partial charge in [-0.2, -0.15) is 0 Å². The number of rotatable bonds is 2. The van der Waals surface area contributed by atoms with E-state index in [0.717, 1.165) is 6.42 Å². The number of carbonyl (C=O) groups is 1. The Morgan fingerprint density at radius 1 is 1.80 bits per heavy atom. The Kier molecular flexibility index (Phi) is 2.27. The van der Waals surface area contributed by atoms with Crippen molar-refractivity contribution in [2.45, 2.75) is 25.9 Å². The second-order valence-corrected chi connectivity index (χ2v) is 2.58. The lowest BCUT2D eigenvalue weighted by Crippen LogP contribution is -2.11. The third-order valence-electron chi connectivity index (χ3n) is 1.84. The molecule has 0 spiro atoms.